The Morgan fingerprint density at radius 2 is 1.81 bits per heavy atom. The molecule has 0 aliphatic carbocycles. The van der Waals surface area contributed by atoms with E-state index in [4.69, 9.17) is 14.6 Å². The Bertz CT molecular complexity index is 471. The highest BCUT2D eigenvalue weighted by Gasteiger charge is 2.21. The topological polar surface area (TPSA) is 76.1 Å². The third kappa shape index (κ3) is 5.33. The summed E-state index contributed by atoms with van der Waals surface area (Å²) in [6.07, 6.45) is 0.682. The van der Waals surface area contributed by atoms with Crippen molar-refractivity contribution in [3.05, 3.63) is 24.3 Å². The van der Waals surface area contributed by atoms with Crippen molar-refractivity contribution in [3.63, 3.8) is 0 Å². The molecule has 1 amide bonds. The summed E-state index contributed by atoms with van der Waals surface area (Å²) >= 11 is 0. The van der Waals surface area contributed by atoms with E-state index in [1.807, 2.05) is 13.8 Å². The second kappa shape index (κ2) is 8.14. The summed E-state index contributed by atoms with van der Waals surface area (Å²) in [4.78, 5) is 24.2. The van der Waals surface area contributed by atoms with Crippen LogP contribution in [0.2, 0.25) is 0 Å². The van der Waals surface area contributed by atoms with Crippen LogP contribution in [0.1, 0.15) is 20.3 Å². The number of methoxy groups -OCH3 is 1. The number of amides is 1. The molecule has 1 unspecified atom stereocenters. The molecule has 0 radical (unpaired) electrons. The minimum Gasteiger partial charge on any atom is -0.497 e. The van der Waals surface area contributed by atoms with Crippen molar-refractivity contribution in [2.24, 2.45) is 0 Å². The van der Waals surface area contributed by atoms with E-state index in [0.717, 1.165) is 0 Å². The van der Waals surface area contributed by atoms with Gasteiger partial charge in [0.1, 0.15) is 18.0 Å². The molecular weight excluding hydrogens is 274 g/mol. The van der Waals surface area contributed by atoms with E-state index < -0.39 is 5.97 Å². The third-order valence-electron chi connectivity index (χ3n) is 3.17. The number of ether oxygens (including phenoxy) is 2. The number of aliphatic carboxylic acids is 1. The molecule has 1 aromatic rings. The molecule has 6 nitrogen and oxygen atoms in total. The van der Waals surface area contributed by atoms with E-state index in [2.05, 4.69) is 0 Å². The zero-order valence-electron chi connectivity index (χ0n) is 12.5. The monoisotopic (exact) mass is 295 g/mol. The molecule has 116 valence electrons. The predicted octanol–water partition coefficient (Wildman–Crippen LogP) is 1.79. The molecule has 1 atom stereocenters. The summed E-state index contributed by atoms with van der Waals surface area (Å²) in [5.74, 6) is -0.153. The van der Waals surface area contributed by atoms with Crippen LogP contribution in [0, 0.1) is 0 Å². The summed E-state index contributed by atoms with van der Waals surface area (Å²) in [6.45, 7) is 3.20. The van der Waals surface area contributed by atoms with Gasteiger partial charge in [0.05, 0.1) is 7.11 Å². The van der Waals surface area contributed by atoms with Gasteiger partial charge in [-0.3, -0.25) is 9.59 Å². The largest absolute Gasteiger partial charge is 0.497 e. The Hall–Kier alpha value is -2.24. The van der Waals surface area contributed by atoms with Crippen LogP contribution in [0.3, 0.4) is 0 Å². The van der Waals surface area contributed by atoms with Gasteiger partial charge in [0.25, 0.3) is 5.91 Å². The van der Waals surface area contributed by atoms with Crippen molar-refractivity contribution in [2.45, 2.75) is 26.3 Å². The fraction of sp³-hybridized carbons (Fsp3) is 0.467. The minimum absolute atomic E-state index is 0.145. The fourth-order valence-electron chi connectivity index (χ4n) is 1.76. The summed E-state index contributed by atoms with van der Waals surface area (Å²) in [7, 11) is 1.56. The van der Waals surface area contributed by atoms with Gasteiger partial charge in [0.2, 0.25) is 0 Å². The van der Waals surface area contributed by atoms with E-state index in [1.165, 1.54) is 4.90 Å². The van der Waals surface area contributed by atoms with Gasteiger partial charge < -0.3 is 19.5 Å². The Morgan fingerprint density at radius 1 is 1.24 bits per heavy atom. The highest BCUT2D eigenvalue weighted by Crippen LogP contribution is 2.17. The van der Waals surface area contributed by atoms with Crippen LogP contribution >= 0.6 is 0 Å². The zero-order chi connectivity index (χ0) is 15.8. The van der Waals surface area contributed by atoms with Gasteiger partial charge in [-0.1, -0.05) is 6.92 Å². The Morgan fingerprint density at radius 3 is 2.29 bits per heavy atom. The van der Waals surface area contributed by atoms with Crippen LogP contribution in [0.25, 0.3) is 0 Å². The quantitative estimate of drug-likeness (QED) is 0.791. The highest BCUT2D eigenvalue weighted by molar-refractivity contribution is 5.82. The molecule has 21 heavy (non-hydrogen) atoms. The summed E-state index contributed by atoms with van der Waals surface area (Å²) < 4.78 is 10.4. The van der Waals surface area contributed by atoms with E-state index in [1.54, 1.807) is 31.4 Å². The van der Waals surface area contributed by atoms with Crippen LogP contribution in [0.4, 0.5) is 0 Å². The lowest BCUT2D eigenvalue weighted by atomic mass is 10.2. The second-order valence-electron chi connectivity index (χ2n) is 4.64. The van der Waals surface area contributed by atoms with Gasteiger partial charge in [-0.15, -0.1) is 0 Å². The average molecular weight is 295 g/mol. The molecule has 0 aromatic heterocycles. The lowest BCUT2D eigenvalue weighted by molar-refractivity contribution is -0.147. The Kier molecular flexibility index (Phi) is 6.52. The molecular formula is C15H21NO5. The van der Waals surface area contributed by atoms with Crippen molar-refractivity contribution in [1.82, 2.24) is 4.90 Å². The maximum atomic E-state index is 12.1. The first-order valence-electron chi connectivity index (χ1n) is 6.76. The van der Waals surface area contributed by atoms with Gasteiger partial charge in [0.15, 0.2) is 6.61 Å². The number of carboxylic acids is 1. The minimum atomic E-state index is -1.03. The van der Waals surface area contributed by atoms with Crippen LogP contribution in [0.15, 0.2) is 24.3 Å². The van der Waals surface area contributed by atoms with E-state index >= 15 is 0 Å². The first kappa shape index (κ1) is 16.8. The summed E-state index contributed by atoms with van der Waals surface area (Å²) in [5.41, 5.74) is 0. The smallest absolute Gasteiger partial charge is 0.323 e. The van der Waals surface area contributed by atoms with Gasteiger partial charge >= 0.3 is 5.97 Å². The molecule has 0 spiro atoms. The summed E-state index contributed by atoms with van der Waals surface area (Å²) in [5, 5.41) is 8.87. The molecule has 1 aromatic carbocycles. The molecule has 0 aliphatic heterocycles. The molecule has 1 rings (SSSR count). The Balaban J connectivity index is 2.61. The number of hydrogen-bond acceptors (Lipinski definition) is 4. The lowest BCUT2D eigenvalue weighted by Gasteiger charge is -2.26. The summed E-state index contributed by atoms with van der Waals surface area (Å²) in [6, 6.07) is 6.69. The number of carboxylic acid groups (broad SMARTS) is 1. The third-order valence-corrected chi connectivity index (χ3v) is 3.17. The standard InChI is InChI=1S/C15H21NO5/c1-4-11(2)16(9-15(18)19)14(17)10-21-13-7-5-12(20-3)6-8-13/h5-8,11H,4,9-10H2,1-3H3,(H,18,19). The van der Waals surface area contributed by atoms with Crippen molar-refractivity contribution in [2.75, 3.05) is 20.3 Å². The first-order valence-corrected chi connectivity index (χ1v) is 6.76. The van der Waals surface area contributed by atoms with Crippen molar-refractivity contribution in [1.29, 1.82) is 0 Å². The first-order chi connectivity index (χ1) is 9.97. The van der Waals surface area contributed by atoms with Gasteiger partial charge in [-0.05, 0) is 37.6 Å². The van der Waals surface area contributed by atoms with E-state index in [-0.39, 0.29) is 25.1 Å². The number of carbonyl (C=O) groups excluding carboxylic acids is 1. The predicted molar refractivity (Wildman–Crippen MR) is 77.6 cm³/mol. The maximum absolute atomic E-state index is 12.1. The van der Waals surface area contributed by atoms with Crippen molar-refractivity contribution < 1.29 is 24.2 Å². The van der Waals surface area contributed by atoms with Gasteiger partial charge in [0, 0.05) is 6.04 Å². The van der Waals surface area contributed by atoms with Crippen molar-refractivity contribution >= 4 is 11.9 Å². The van der Waals surface area contributed by atoms with Crippen molar-refractivity contribution in [3.8, 4) is 11.5 Å². The molecule has 0 saturated heterocycles. The maximum Gasteiger partial charge on any atom is 0.323 e. The van der Waals surface area contributed by atoms with Gasteiger partial charge in [-0.25, -0.2) is 0 Å². The molecule has 0 heterocycles. The number of rotatable bonds is 8. The zero-order valence-corrected chi connectivity index (χ0v) is 12.5. The molecule has 0 aliphatic rings. The fourth-order valence-corrected chi connectivity index (χ4v) is 1.76. The molecule has 0 saturated carbocycles. The lowest BCUT2D eigenvalue weighted by Crippen LogP contribution is -2.44. The number of carbonyl (C=O) groups is 2. The van der Waals surface area contributed by atoms with E-state index in [9.17, 15) is 9.59 Å². The van der Waals surface area contributed by atoms with Crippen LogP contribution in [0.5, 0.6) is 11.5 Å². The van der Waals surface area contributed by atoms with Crippen LogP contribution in [-0.2, 0) is 9.59 Å². The van der Waals surface area contributed by atoms with Crippen LogP contribution < -0.4 is 9.47 Å². The second-order valence-corrected chi connectivity index (χ2v) is 4.64. The normalized spacial score (nSPS) is 11.6. The number of nitrogens with zero attached hydrogens (tertiary/aromatic N) is 1. The molecule has 0 bridgehead atoms. The van der Waals surface area contributed by atoms with Gasteiger partial charge in [-0.2, -0.15) is 0 Å². The molecule has 6 heteroatoms. The van der Waals surface area contributed by atoms with E-state index in [0.29, 0.717) is 17.9 Å². The number of benzene rings is 1. The average Bonchev–Trinajstić information content (AvgIpc) is 2.49. The Labute approximate surface area is 124 Å². The number of hydrogen-bond donors (Lipinski definition) is 1. The SMILES string of the molecule is CCC(C)N(CC(=O)O)C(=O)COc1ccc(OC)cc1. The molecule has 1 N–H and O–H groups in total. The van der Waals surface area contributed by atoms with Crippen LogP contribution in [-0.4, -0.2) is 48.2 Å². The molecule has 0 fully saturated rings. The highest BCUT2D eigenvalue weighted by atomic mass is 16.5.